The number of aromatic nitrogens is 3. The van der Waals surface area contributed by atoms with Crippen molar-refractivity contribution in [1.29, 1.82) is 0 Å². The van der Waals surface area contributed by atoms with E-state index in [1.54, 1.807) is 10.9 Å². The van der Waals surface area contributed by atoms with Crippen LogP contribution in [-0.2, 0) is 7.05 Å². The van der Waals surface area contributed by atoms with Crippen molar-refractivity contribution in [1.82, 2.24) is 14.8 Å². The number of aryl methyl sites for hydroxylation is 1. The molecule has 0 radical (unpaired) electrons. The number of hydrogen-bond donors (Lipinski definition) is 1. The molecule has 2 aromatic heterocycles. The van der Waals surface area contributed by atoms with Crippen molar-refractivity contribution in [3.05, 3.63) is 18.5 Å². The van der Waals surface area contributed by atoms with Crippen molar-refractivity contribution < 1.29 is 4.42 Å². The Balaban J connectivity index is 2.43. The van der Waals surface area contributed by atoms with Gasteiger partial charge in [0.1, 0.15) is 5.69 Å². The van der Waals surface area contributed by atoms with E-state index in [0.29, 0.717) is 5.76 Å². The van der Waals surface area contributed by atoms with Crippen LogP contribution in [0.25, 0.3) is 11.5 Å². The molecule has 62 valence electrons. The minimum atomic E-state index is 0.163. The summed E-state index contributed by atoms with van der Waals surface area (Å²) in [5.74, 6) is 0.591. The van der Waals surface area contributed by atoms with Gasteiger partial charge >= 0.3 is 0 Å². The van der Waals surface area contributed by atoms with Crippen LogP contribution in [0.4, 0.5) is 6.01 Å². The van der Waals surface area contributed by atoms with Crippen LogP contribution in [0.15, 0.2) is 22.9 Å². The third-order valence-electron chi connectivity index (χ3n) is 1.49. The van der Waals surface area contributed by atoms with Gasteiger partial charge in [0, 0.05) is 13.2 Å². The van der Waals surface area contributed by atoms with Gasteiger partial charge in [-0.1, -0.05) is 0 Å². The monoisotopic (exact) mass is 164 g/mol. The van der Waals surface area contributed by atoms with E-state index >= 15 is 0 Å². The molecule has 5 heteroatoms. The minimum Gasteiger partial charge on any atom is -0.422 e. The van der Waals surface area contributed by atoms with Crippen LogP contribution in [0.3, 0.4) is 0 Å². The van der Waals surface area contributed by atoms with Crippen LogP contribution in [0.5, 0.6) is 0 Å². The molecule has 12 heavy (non-hydrogen) atoms. The van der Waals surface area contributed by atoms with Crippen LogP contribution < -0.4 is 5.73 Å². The first-order chi connectivity index (χ1) is 5.75. The molecule has 0 saturated heterocycles. The first-order valence-electron chi connectivity index (χ1n) is 3.47. The van der Waals surface area contributed by atoms with Gasteiger partial charge in [0.15, 0.2) is 5.76 Å². The van der Waals surface area contributed by atoms with Crippen LogP contribution in [0, 0.1) is 0 Å². The van der Waals surface area contributed by atoms with E-state index in [-0.39, 0.29) is 6.01 Å². The lowest BCUT2D eigenvalue weighted by Gasteiger charge is -1.86. The number of rotatable bonds is 1. The summed E-state index contributed by atoms with van der Waals surface area (Å²) in [5, 5.41) is 4.12. The fourth-order valence-electron chi connectivity index (χ4n) is 0.953. The lowest BCUT2D eigenvalue weighted by atomic mass is 10.4. The summed E-state index contributed by atoms with van der Waals surface area (Å²) in [6, 6.07) is 2.00. The van der Waals surface area contributed by atoms with Crippen LogP contribution in [0.1, 0.15) is 0 Å². The predicted octanol–water partition coefficient (Wildman–Crippen LogP) is 0.657. The Kier molecular flexibility index (Phi) is 1.36. The van der Waals surface area contributed by atoms with Gasteiger partial charge in [-0.3, -0.25) is 4.68 Å². The highest BCUT2D eigenvalue weighted by Crippen LogP contribution is 2.17. The van der Waals surface area contributed by atoms with E-state index in [2.05, 4.69) is 10.1 Å². The second-order valence-electron chi connectivity index (χ2n) is 2.44. The SMILES string of the molecule is Cn1ccc(-c2cnc(N)o2)n1. The molecule has 0 unspecified atom stereocenters. The van der Waals surface area contributed by atoms with Gasteiger partial charge in [0.25, 0.3) is 6.01 Å². The number of nitrogens with zero attached hydrogens (tertiary/aromatic N) is 3. The molecule has 0 aliphatic carbocycles. The normalized spacial score (nSPS) is 10.4. The Morgan fingerprint density at radius 1 is 1.58 bits per heavy atom. The quantitative estimate of drug-likeness (QED) is 0.672. The largest absolute Gasteiger partial charge is 0.422 e. The highest BCUT2D eigenvalue weighted by atomic mass is 16.4. The van der Waals surface area contributed by atoms with E-state index in [4.69, 9.17) is 10.2 Å². The Hall–Kier alpha value is -1.78. The zero-order valence-corrected chi connectivity index (χ0v) is 6.56. The van der Waals surface area contributed by atoms with E-state index in [0.717, 1.165) is 5.69 Å². The number of hydrogen-bond acceptors (Lipinski definition) is 4. The fraction of sp³-hybridized carbons (Fsp3) is 0.143. The molecule has 0 aromatic carbocycles. The third-order valence-corrected chi connectivity index (χ3v) is 1.49. The van der Waals surface area contributed by atoms with Crippen molar-refractivity contribution in [2.45, 2.75) is 0 Å². The van der Waals surface area contributed by atoms with Gasteiger partial charge in [-0.2, -0.15) is 5.10 Å². The molecular weight excluding hydrogens is 156 g/mol. The van der Waals surface area contributed by atoms with Crippen molar-refractivity contribution in [3.8, 4) is 11.5 Å². The molecule has 0 atom stereocenters. The molecule has 2 heterocycles. The van der Waals surface area contributed by atoms with E-state index in [1.165, 1.54) is 0 Å². The van der Waals surface area contributed by atoms with Crippen molar-refractivity contribution in [2.75, 3.05) is 5.73 Å². The van der Waals surface area contributed by atoms with E-state index < -0.39 is 0 Å². The lowest BCUT2D eigenvalue weighted by Crippen LogP contribution is -1.86. The van der Waals surface area contributed by atoms with Crippen LogP contribution in [-0.4, -0.2) is 14.8 Å². The zero-order valence-electron chi connectivity index (χ0n) is 6.56. The molecular formula is C7H8N4O. The summed E-state index contributed by atoms with van der Waals surface area (Å²) in [6.07, 6.45) is 3.38. The van der Waals surface area contributed by atoms with E-state index in [9.17, 15) is 0 Å². The molecule has 0 aliphatic heterocycles. The minimum absolute atomic E-state index is 0.163. The van der Waals surface area contributed by atoms with Gasteiger partial charge in [0.2, 0.25) is 0 Å². The van der Waals surface area contributed by atoms with Gasteiger partial charge in [-0.25, -0.2) is 4.98 Å². The molecule has 2 N–H and O–H groups in total. The summed E-state index contributed by atoms with van der Waals surface area (Å²) >= 11 is 0. The molecule has 0 amide bonds. The molecule has 5 nitrogen and oxygen atoms in total. The average molecular weight is 164 g/mol. The summed E-state index contributed by atoms with van der Waals surface area (Å²) in [7, 11) is 1.84. The molecule has 0 spiro atoms. The molecule has 0 fully saturated rings. The maximum atomic E-state index is 5.31. The molecule has 0 saturated carbocycles. The topological polar surface area (TPSA) is 69.9 Å². The number of oxazole rings is 1. The van der Waals surface area contributed by atoms with Crippen molar-refractivity contribution in [3.63, 3.8) is 0 Å². The van der Waals surface area contributed by atoms with Crippen LogP contribution >= 0.6 is 0 Å². The second-order valence-corrected chi connectivity index (χ2v) is 2.44. The maximum absolute atomic E-state index is 5.31. The van der Waals surface area contributed by atoms with Crippen molar-refractivity contribution >= 4 is 6.01 Å². The summed E-state index contributed by atoms with van der Waals surface area (Å²) in [6.45, 7) is 0. The fourth-order valence-corrected chi connectivity index (χ4v) is 0.953. The molecule has 2 rings (SSSR count). The maximum Gasteiger partial charge on any atom is 0.292 e. The highest BCUT2D eigenvalue weighted by molar-refractivity contribution is 5.50. The van der Waals surface area contributed by atoms with Gasteiger partial charge in [-0.05, 0) is 6.07 Å². The Bertz CT molecular complexity index is 351. The van der Waals surface area contributed by atoms with E-state index in [1.807, 2.05) is 19.3 Å². The summed E-state index contributed by atoms with van der Waals surface area (Å²) in [5.41, 5.74) is 6.05. The Labute approximate surface area is 68.8 Å². The molecule has 0 aliphatic rings. The Morgan fingerprint density at radius 3 is 2.92 bits per heavy atom. The highest BCUT2D eigenvalue weighted by Gasteiger charge is 2.05. The van der Waals surface area contributed by atoms with Gasteiger partial charge in [-0.15, -0.1) is 0 Å². The first-order valence-corrected chi connectivity index (χ1v) is 3.47. The summed E-state index contributed by atoms with van der Waals surface area (Å²) in [4.78, 5) is 3.76. The van der Waals surface area contributed by atoms with Crippen molar-refractivity contribution in [2.24, 2.45) is 7.05 Å². The second kappa shape index (κ2) is 2.37. The number of nitrogens with two attached hydrogens (primary N) is 1. The Morgan fingerprint density at radius 2 is 2.42 bits per heavy atom. The number of anilines is 1. The predicted molar refractivity (Wildman–Crippen MR) is 43.1 cm³/mol. The first kappa shape index (κ1) is 6.90. The zero-order chi connectivity index (χ0) is 8.55. The number of nitrogen functional groups attached to an aromatic ring is 1. The smallest absolute Gasteiger partial charge is 0.292 e. The molecule has 0 bridgehead atoms. The van der Waals surface area contributed by atoms with Gasteiger partial charge in [0.05, 0.1) is 6.20 Å². The standard InChI is InChI=1S/C7H8N4O/c1-11-3-2-5(10-11)6-4-9-7(8)12-6/h2-4H,1H3,(H2,8,9). The third kappa shape index (κ3) is 1.05. The van der Waals surface area contributed by atoms with Gasteiger partial charge < -0.3 is 10.2 Å². The van der Waals surface area contributed by atoms with Crippen LogP contribution in [0.2, 0.25) is 0 Å². The summed E-state index contributed by atoms with van der Waals surface area (Å²) < 4.78 is 6.76. The average Bonchev–Trinajstić information content (AvgIpc) is 2.58. The lowest BCUT2D eigenvalue weighted by molar-refractivity contribution is 0.590. The molecule has 2 aromatic rings.